The molecule has 0 aromatic rings. The molecule has 1 unspecified atom stereocenters. The van der Waals surface area contributed by atoms with E-state index in [1.54, 1.807) is 6.08 Å². The zero-order valence-electron chi connectivity index (χ0n) is 7.95. The van der Waals surface area contributed by atoms with E-state index in [4.69, 9.17) is 4.74 Å². The summed E-state index contributed by atoms with van der Waals surface area (Å²) < 4.78 is 5.05. The molecule has 0 spiro atoms. The predicted octanol–water partition coefficient (Wildman–Crippen LogP) is 1.47. The van der Waals surface area contributed by atoms with Gasteiger partial charge in [-0.2, -0.15) is 0 Å². The average molecular weight is 182 g/mol. The van der Waals surface area contributed by atoms with Crippen LogP contribution in [-0.4, -0.2) is 17.9 Å². The largest absolute Gasteiger partial charge is 0.458 e. The minimum atomic E-state index is -0.321. The van der Waals surface area contributed by atoms with Gasteiger partial charge in [-0.3, -0.25) is 9.59 Å². The third-order valence-electron chi connectivity index (χ3n) is 1.76. The van der Waals surface area contributed by atoms with Crippen LogP contribution in [0.25, 0.3) is 0 Å². The van der Waals surface area contributed by atoms with Crippen molar-refractivity contribution in [3.63, 3.8) is 0 Å². The molecule has 0 fully saturated rings. The predicted molar refractivity (Wildman–Crippen MR) is 48.1 cm³/mol. The molecule has 0 heterocycles. The van der Waals surface area contributed by atoms with Crippen LogP contribution in [0.1, 0.15) is 26.7 Å². The summed E-state index contributed by atoms with van der Waals surface area (Å²) >= 11 is 0. The summed E-state index contributed by atoms with van der Waals surface area (Å²) in [5, 5.41) is 0. The molecular formula is C10H14O3. The van der Waals surface area contributed by atoms with E-state index in [-0.39, 0.29) is 17.9 Å². The van der Waals surface area contributed by atoms with Crippen LogP contribution in [-0.2, 0) is 14.3 Å². The first kappa shape index (κ1) is 9.96. The molecule has 0 saturated heterocycles. The van der Waals surface area contributed by atoms with Crippen LogP contribution in [0.2, 0.25) is 0 Å². The van der Waals surface area contributed by atoms with Crippen molar-refractivity contribution < 1.29 is 14.3 Å². The molecule has 0 amide bonds. The van der Waals surface area contributed by atoms with Crippen LogP contribution in [0.15, 0.2) is 12.2 Å². The van der Waals surface area contributed by atoms with Crippen LogP contribution in [0, 0.1) is 5.92 Å². The number of ketones is 1. The Kier molecular flexibility index (Phi) is 3.23. The Bertz CT molecular complexity index is 241. The summed E-state index contributed by atoms with van der Waals surface area (Å²) in [5.41, 5.74) is 0. The van der Waals surface area contributed by atoms with Crippen LogP contribution >= 0.6 is 0 Å². The molecule has 0 aromatic heterocycles. The van der Waals surface area contributed by atoms with Gasteiger partial charge in [0.1, 0.15) is 6.10 Å². The molecule has 72 valence electrons. The fraction of sp³-hybridized carbons (Fsp3) is 0.600. The third kappa shape index (κ3) is 3.40. The summed E-state index contributed by atoms with van der Waals surface area (Å²) in [6.07, 6.45) is 3.51. The van der Waals surface area contributed by atoms with E-state index in [2.05, 4.69) is 0 Å². The molecule has 1 aliphatic carbocycles. The summed E-state index contributed by atoms with van der Waals surface area (Å²) in [6, 6.07) is 0. The molecule has 3 heteroatoms. The van der Waals surface area contributed by atoms with E-state index in [1.165, 1.54) is 6.08 Å². The second-order valence-electron chi connectivity index (χ2n) is 3.66. The summed E-state index contributed by atoms with van der Waals surface area (Å²) in [5.74, 6) is 0.107. The lowest BCUT2D eigenvalue weighted by Crippen LogP contribution is -2.16. The Morgan fingerprint density at radius 3 is 2.85 bits per heavy atom. The minimum absolute atomic E-state index is 0.0300. The summed E-state index contributed by atoms with van der Waals surface area (Å²) in [7, 11) is 0. The molecular weight excluding hydrogens is 168 g/mol. The number of hydrogen-bond donors (Lipinski definition) is 0. The molecule has 0 aliphatic heterocycles. The van der Waals surface area contributed by atoms with Gasteiger partial charge in [-0.15, -0.1) is 0 Å². The summed E-state index contributed by atoms with van der Waals surface area (Å²) in [6.45, 7) is 3.91. The third-order valence-corrected chi connectivity index (χ3v) is 1.76. The Hall–Kier alpha value is -1.12. The van der Waals surface area contributed by atoms with E-state index < -0.39 is 0 Å². The van der Waals surface area contributed by atoms with Gasteiger partial charge in [-0.25, -0.2) is 0 Å². The Balaban J connectivity index is 2.29. The standard InChI is InChI=1S/C10H14O3/c1-7(2)5-10(12)13-9-4-3-8(11)6-9/h3-4,7,9H,5-6H2,1-2H3. The zero-order chi connectivity index (χ0) is 9.84. The lowest BCUT2D eigenvalue weighted by atomic mass is 10.1. The highest BCUT2D eigenvalue weighted by Crippen LogP contribution is 2.12. The molecule has 0 aromatic carbocycles. The number of hydrogen-bond acceptors (Lipinski definition) is 3. The number of carbonyl (C=O) groups excluding carboxylic acids is 2. The SMILES string of the molecule is CC(C)CC(=O)OC1C=CC(=O)C1. The second kappa shape index (κ2) is 4.21. The first-order chi connectivity index (χ1) is 6.08. The van der Waals surface area contributed by atoms with Gasteiger partial charge in [0.2, 0.25) is 0 Å². The number of esters is 1. The molecule has 0 bridgehead atoms. The van der Waals surface area contributed by atoms with Gasteiger partial charge in [0.15, 0.2) is 5.78 Å². The number of carbonyl (C=O) groups is 2. The fourth-order valence-corrected chi connectivity index (χ4v) is 1.18. The lowest BCUT2D eigenvalue weighted by molar-refractivity contribution is -0.147. The molecule has 0 N–H and O–H groups in total. The van der Waals surface area contributed by atoms with Crippen molar-refractivity contribution in [3.05, 3.63) is 12.2 Å². The zero-order valence-corrected chi connectivity index (χ0v) is 7.95. The van der Waals surface area contributed by atoms with E-state index >= 15 is 0 Å². The lowest BCUT2D eigenvalue weighted by Gasteiger charge is -2.10. The van der Waals surface area contributed by atoms with Crippen molar-refractivity contribution >= 4 is 11.8 Å². The molecule has 1 atom stereocenters. The van der Waals surface area contributed by atoms with Crippen LogP contribution in [0.3, 0.4) is 0 Å². The molecule has 0 saturated carbocycles. The second-order valence-corrected chi connectivity index (χ2v) is 3.66. The van der Waals surface area contributed by atoms with Gasteiger partial charge in [0, 0.05) is 6.42 Å². The normalized spacial score (nSPS) is 21.2. The van der Waals surface area contributed by atoms with E-state index in [0.717, 1.165) is 0 Å². The Morgan fingerprint density at radius 1 is 1.69 bits per heavy atom. The van der Waals surface area contributed by atoms with Crippen molar-refractivity contribution in [2.45, 2.75) is 32.8 Å². The highest BCUT2D eigenvalue weighted by Gasteiger charge is 2.19. The monoisotopic (exact) mass is 182 g/mol. The minimum Gasteiger partial charge on any atom is -0.458 e. The van der Waals surface area contributed by atoms with E-state index in [0.29, 0.717) is 18.8 Å². The van der Waals surface area contributed by atoms with Crippen molar-refractivity contribution in [3.8, 4) is 0 Å². The molecule has 13 heavy (non-hydrogen) atoms. The molecule has 1 aliphatic rings. The quantitative estimate of drug-likeness (QED) is 0.621. The van der Waals surface area contributed by atoms with Crippen molar-refractivity contribution in [1.29, 1.82) is 0 Å². The van der Waals surface area contributed by atoms with Gasteiger partial charge in [0.25, 0.3) is 0 Å². The Morgan fingerprint density at radius 2 is 2.38 bits per heavy atom. The maximum Gasteiger partial charge on any atom is 0.306 e. The van der Waals surface area contributed by atoms with Crippen LogP contribution < -0.4 is 0 Å². The highest BCUT2D eigenvalue weighted by atomic mass is 16.5. The average Bonchev–Trinajstić information content (AvgIpc) is 2.33. The van der Waals surface area contributed by atoms with Crippen molar-refractivity contribution in [1.82, 2.24) is 0 Å². The van der Waals surface area contributed by atoms with E-state index in [9.17, 15) is 9.59 Å². The first-order valence-corrected chi connectivity index (χ1v) is 4.48. The van der Waals surface area contributed by atoms with Gasteiger partial charge in [-0.05, 0) is 18.1 Å². The van der Waals surface area contributed by atoms with Gasteiger partial charge in [0.05, 0.1) is 6.42 Å². The Labute approximate surface area is 77.8 Å². The van der Waals surface area contributed by atoms with Crippen LogP contribution in [0.4, 0.5) is 0 Å². The smallest absolute Gasteiger partial charge is 0.306 e. The van der Waals surface area contributed by atoms with Crippen LogP contribution in [0.5, 0.6) is 0 Å². The van der Waals surface area contributed by atoms with Crippen molar-refractivity contribution in [2.24, 2.45) is 5.92 Å². The maximum absolute atomic E-state index is 11.1. The van der Waals surface area contributed by atoms with Gasteiger partial charge >= 0.3 is 5.97 Å². The number of rotatable bonds is 3. The number of ether oxygens (including phenoxy) is 1. The first-order valence-electron chi connectivity index (χ1n) is 4.48. The van der Waals surface area contributed by atoms with E-state index in [1.807, 2.05) is 13.8 Å². The topological polar surface area (TPSA) is 43.4 Å². The molecule has 3 nitrogen and oxygen atoms in total. The fourth-order valence-electron chi connectivity index (χ4n) is 1.18. The molecule has 1 rings (SSSR count). The van der Waals surface area contributed by atoms with Gasteiger partial charge < -0.3 is 4.74 Å². The highest BCUT2D eigenvalue weighted by molar-refractivity contribution is 5.93. The number of allylic oxidation sites excluding steroid dienone is 1. The van der Waals surface area contributed by atoms with Gasteiger partial charge in [-0.1, -0.05) is 13.8 Å². The molecule has 0 radical (unpaired) electrons. The van der Waals surface area contributed by atoms with Crippen molar-refractivity contribution in [2.75, 3.05) is 0 Å². The summed E-state index contributed by atoms with van der Waals surface area (Å²) in [4.78, 5) is 21.9. The maximum atomic E-state index is 11.1.